The largest absolute Gasteiger partial charge is 0.369 e. The molecule has 1 fully saturated rings. The molecule has 1 aliphatic rings. The van der Waals surface area contributed by atoms with E-state index in [4.69, 9.17) is 16.3 Å². The van der Waals surface area contributed by atoms with Crippen molar-refractivity contribution in [3.8, 4) is 0 Å². The Bertz CT molecular complexity index is 831. The second-order valence-electron chi connectivity index (χ2n) is 6.16. The molecule has 2 aromatic rings. The van der Waals surface area contributed by atoms with Crippen LogP contribution in [0, 0.1) is 5.92 Å². The van der Waals surface area contributed by atoms with Crippen molar-refractivity contribution in [2.75, 3.05) is 14.1 Å². The van der Waals surface area contributed by atoms with Gasteiger partial charge < -0.3 is 9.64 Å². The molecular formula is C15H20ClN5O2S. The quantitative estimate of drug-likeness (QED) is 0.470. The molecule has 3 rings (SSSR count). The minimum Gasteiger partial charge on any atom is -0.369 e. The minimum atomic E-state index is -0.317. The number of ether oxygens (including phenoxy) is 1. The van der Waals surface area contributed by atoms with Crippen LogP contribution in [0.15, 0.2) is 9.79 Å². The van der Waals surface area contributed by atoms with Crippen LogP contribution in [-0.2, 0) is 4.74 Å². The van der Waals surface area contributed by atoms with Crippen molar-refractivity contribution in [2.24, 2.45) is 10.9 Å². The van der Waals surface area contributed by atoms with Gasteiger partial charge in [0, 0.05) is 14.1 Å². The van der Waals surface area contributed by atoms with E-state index in [1.54, 1.807) is 15.8 Å². The summed E-state index contributed by atoms with van der Waals surface area (Å²) in [5.74, 6) is 0.622. The smallest absolute Gasteiger partial charge is 0.311 e. The molecule has 7 nitrogen and oxygen atoms in total. The summed E-state index contributed by atoms with van der Waals surface area (Å²) in [5.41, 5.74) is 0.491. The Kier molecular flexibility index (Phi) is 4.89. The van der Waals surface area contributed by atoms with Gasteiger partial charge in [-0.15, -0.1) is 0 Å². The monoisotopic (exact) mass is 369 g/mol. The molecule has 0 aliphatic carbocycles. The number of aliphatic imine (C=N–C) groups is 1. The van der Waals surface area contributed by atoms with Gasteiger partial charge in [0.1, 0.15) is 10.9 Å². The molecule has 0 aromatic carbocycles. The van der Waals surface area contributed by atoms with Gasteiger partial charge in [-0.2, -0.15) is 9.97 Å². The van der Waals surface area contributed by atoms with Gasteiger partial charge in [-0.3, -0.25) is 9.36 Å². The van der Waals surface area contributed by atoms with Crippen molar-refractivity contribution in [3.05, 3.63) is 14.8 Å². The predicted octanol–water partition coefficient (Wildman–Crippen LogP) is 3.06. The highest BCUT2D eigenvalue weighted by atomic mass is 35.5. The van der Waals surface area contributed by atoms with Crippen molar-refractivity contribution in [2.45, 2.75) is 39.0 Å². The average Bonchev–Trinajstić information content (AvgIpc) is 3.04. The van der Waals surface area contributed by atoms with E-state index in [0.29, 0.717) is 16.3 Å². The van der Waals surface area contributed by atoms with Crippen molar-refractivity contribution in [1.82, 2.24) is 19.4 Å². The first-order chi connectivity index (χ1) is 11.4. The SMILES string of the molecule is CC[C@H]1O[C@@H](n2c(=O)sc3c(Cl)nc(N=CN(C)C)nc32)C[C@@H]1C. The first-order valence-electron chi connectivity index (χ1n) is 7.85. The molecule has 3 heterocycles. The molecule has 1 aliphatic heterocycles. The lowest BCUT2D eigenvalue weighted by atomic mass is 10.0. The summed E-state index contributed by atoms with van der Waals surface area (Å²) in [7, 11) is 3.70. The third-order valence-electron chi connectivity index (χ3n) is 4.04. The second-order valence-corrected chi connectivity index (χ2v) is 7.48. The van der Waals surface area contributed by atoms with E-state index in [2.05, 4.69) is 28.8 Å². The van der Waals surface area contributed by atoms with Gasteiger partial charge in [-0.25, -0.2) is 4.99 Å². The van der Waals surface area contributed by atoms with E-state index in [0.717, 1.165) is 24.2 Å². The van der Waals surface area contributed by atoms with Crippen LogP contribution in [0.25, 0.3) is 10.3 Å². The van der Waals surface area contributed by atoms with E-state index < -0.39 is 0 Å². The fourth-order valence-electron chi connectivity index (χ4n) is 2.88. The van der Waals surface area contributed by atoms with Crippen LogP contribution < -0.4 is 4.87 Å². The number of fused-ring (bicyclic) bond motifs is 1. The van der Waals surface area contributed by atoms with Gasteiger partial charge in [0.15, 0.2) is 10.8 Å². The average molecular weight is 370 g/mol. The normalized spacial score (nSPS) is 24.3. The Balaban J connectivity index is 2.08. The number of hydrogen-bond donors (Lipinski definition) is 0. The van der Waals surface area contributed by atoms with Crippen LogP contribution in [0.4, 0.5) is 5.95 Å². The summed E-state index contributed by atoms with van der Waals surface area (Å²) in [6, 6.07) is 0. The molecule has 0 saturated carbocycles. The number of aromatic nitrogens is 3. The maximum atomic E-state index is 12.5. The van der Waals surface area contributed by atoms with Crippen LogP contribution in [0.2, 0.25) is 5.15 Å². The first kappa shape index (κ1) is 17.3. The molecule has 130 valence electrons. The van der Waals surface area contributed by atoms with Gasteiger partial charge in [0.25, 0.3) is 5.95 Å². The lowest BCUT2D eigenvalue weighted by molar-refractivity contribution is -0.00388. The Labute approximate surface area is 148 Å². The van der Waals surface area contributed by atoms with Crippen LogP contribution in [0.5, 0.6) is 0 Å². The van der Waals surface area contributed by atoms with Crippen molar-refractivity contribution in [3.63, 3.8) is 0 Å². The topological polar surface area (TPSA) is 72.6 Å². The van der Waals surface area contributed by atoms with Gasteiger partial charge in [-0.05, 0) is 18.8 Å². The van der Waals surface area contributed by atoms with E-state index in [-0.39, 0.29) is 28.3 Å². The summed E-state index contributed by atoms with van der Waals surface area (Å²) in [6.45, 7) is 4.23. The zero-order chi connectivity index (χ0) is 17.4. The summed E-state index contributed by atoms with van der Waals surface area (Å²) in [6.07, 6.45) is 3.13. The lowest BCUT2D eigenvalue weighted by Gasteiger charge is -2.14. The van der Waals surface area contributed by atoms with E-state index >= 15 is 0 Å². The Morgan fingerprint density at radius 1 is 1.50 bits per heavy atom. The fourth-order valence-corrected chi connectivity index (χ4v) is 4.00. The highest BCUT2D eigenvalue weighted by Gasteiger charge is 2.34. The number of nitrogens with zero attached hydrogens (tertiary/aromatic N) is 5. The Morgan fingerprint density at radius 2 is 2.25 bits per heavy atom. The number of hydrogen-bond acceptors (Lipinski definition) is 6. The summed E-state index contributed by atoms with van der Waals surface area (Å²) < 4.78 is 8.22. The van der Waals surface area contributed by atoms with Gasteiger partial charge in [0.2, 0.25) is 0 Å². The first-order valence-corrected chi connectivity index (χ1v) is 9.04. The minimum absolute atomic E-state index is 0.135. The highest BCUT2D eigenvalue weighted by Crippen LogP contribution is 2.37. The maximum absolute atomic E-state index is 12.5. The maximum Gasteiger partial charge on any atom is 0.311 e. The molecule has 24 heavy (non-hydrogen) atoms. The molecule has 1 saturated heterocycles. The van der Waals surface area contributed by atoms with E-state index in [1.165, 1.54) is 0 Å². The number of halogens is 1. The number of thiazole rings is 1. The molecule has 9 heteroatoms. The molecule has 0 radical (unpaired) electrons. The van der Waals surface area contributed by atoms with Crippen LogP contribution in [0.3, 0.4) is 0 Å². The van der Waals surface area contributed by atoms with Gasteiger partial charge >= 0.3 is 4.87 Å². The standard InChI is InChI=1S/C15H20ClN5O2S/c1-5-9-8(2)6-10(23-9)21-13-11(24-15(21)22)12(16)18-14(19-13)17-7-20(3)4/h7-10H,5-6H2,1-4H3/t8-,9+,10+/m0/s1. The van der Waals surface area contributed by atoms with E-state index in [1.807, 2.05) is 14.1 Å². The van der Waals surface area contributed by atoms with Crippen LogP contribution in [-0.4, -0.2) is 46.0 Å². The van der Waals surface area contributed by atoms with Crippen molar-refractivity contribution < 1.29 is 4.74 Å². The molecule has 3 atom stereocenters. The zero-order valence-electron chi connectivity index (χ0n) is 14.1. The van der Waals surface area contributed by atoms with Crippen LogP contribution in [0.1, 0.15) is 32.9 Å². The molecular weight excluding hydrogens is 350 g/mol. The molecule has 0 spiro atoms. The van der Waals surface area contributed by atoms with Crippen molar-refractivity contribution >= 4 is 45.6 Å². The van der Waals surface area contributed by atoms with Gasteiger partial charge in [-0.1, -0.05) is 36.8 Å². The molecule has 0 amide bonds. The molecule has 0 unspecified atom stereocenters. The molecule has 0 N–H and O–H groups in total. The summed E-state index contributed by atoms with van der Waals surface area (Å²) in [4.78, 5) is 26.9. The zero-order valence-corrected chi connectivity index (χ0v) is 15.6. The third-order valence-corrected chi connectivity index (χ3v) is 5.38. The third kappa shape index (κ3) is 3.18. The Morgan fingerprint density at radius 3 is 2.88 bits per heavy atom. The highest BCUT2D eigenvalue weighted by molar-refractivity contribution is 7.17. The van der Waals surface area contributed by atoms with E-state index in [9.17, 15) is 4.79 Å². The fraction of sp³-hybridized carbons (Fsp3) is 0.600. The Hall–Kier alpha value is -1.51. The summed E-state index contributed by atoms with van der Waals surface area (Å²) >= 11 is 7.28. The van der Waals surface area contributed by atoms with Crippen LogP contribution >= 0.6 is 22.9 Å². The predicted molar refractivity (Wildman–Crippen MR) is 96.5 cm³/mol. The lowest BCUT2D eigenvalue weighted by Crippen LogP contribution is -2.20. The molecule has 0 bridgehead atoms. The second kappa shape index (κ2) is 6.78. The number of rotatable bonds is 4. The van der Waals surface area contributed by atoms with Gasteiger partial charge in [0.05, 0.1) is 12.4 Å². The molecule has 2 aromatic heterocycles. The summed E-state index contributed by atoms with van der Waals surface area (Å²) in [5, 5.41) is 0.241. The van der Waals surface area contributed by atoms with Crippen molar-refractivity contribution in [1.29, 1.82) is 0 Å².